The maximum atomic E-state index is 14.1. The van der Waals surface area contributed by atoms with Crippen molar-refractivity contribution < 1.29 is 23.9 Å². The Morgan fingerprint density at radius 1 is 1.05 bits per heavy atom. The van der Waals surface area contributed by atoms with E-state index in [1.54, 1.807) is 41.1 Å². The first-order valence-electron chi connectivity index (χ1n) is 15.2. The zero-order chi connectivity index (χ0) is 32.0. The molecule has 238 valence electrons. The summed E-state index contributed by atoms with van der Waals surface area (Å²) in [6.07, 6.45) is 1.65. The quantitative estimate of drug-likeness (QED) is 0.477. The van der Waals surface area contributed by atoms with Gasteiger partial charge in [0, 0.05) is 57.6 Å². The number of fused-ring (bicyclic) bond motifs is 3. The third-order valence-electron chi connectivity index (χ3n) is 7.83. The number of nitrogens with one attached hydrogen (secondary N) is 3. The summed E-state index contributed by atoms with van der Waals surface area (Å²) in [7, 11) is 5.59. The van der Waals surface area contributed by atoms with Crippen LogP contribution in [0.25, 0.3) is 0 Å². The monoisotopic (exact) mass is 606 g/mol. The van der Waals surface area contributed by atoms with Crippen molar-refractivity contribution in [1.29, 1.82) is 0 Å². The van der Waals surface area contributed by atoms with Crippen LogP contribution in [-0.2, 0) is 9.59 Å². The Bertz CT molecular complexity index is 1360. The van der Waals surface area contributed by atoms with Crippen LogP contribution in [0.3, 0.4) is 0 Å². The van der Waals surface area contributed by atoms with Crippen LogP contribution in [0.2, 0.25) is 0 Å². The van der Waals surface area contributed by atoms with Crippen LogP contribution in [-0.4, -0.2) is 92.5 Å². The van der Waals surface area contributed by atoms with Crippen LogP contribution in [0.15, 0.2) is 48.5 Å². The van der Waals surface area contributed by atoms with E-state index in [2.05, 4.69) is 16.0 Å². The van der Waals surface area contributed by atoms with E-state index in [4.69, 9.17) is 4.74 Å². The van der Waals surface area contributed by atoms with E-state index in [0.29, 0.717) is 42.8 Å². The topological polar surface area (TPSA) is 123 Å². The maximum Gasteiger partial charge on any atom is 0.319 e. The summed E-state index contributed by atoms with van der Waals surface area (Å²) in [5, 5.41) is 8.89. The summed E-state index contributed by atoms with van der Waals surface area (Å²) >= 11 is 0. The van der Waals surface area contributed by atoms with Gasteiger partial charge >= 0.3 is 6.03 Å². The molecule has 1 fully saturated rings. The predicted molar refractivity (Wildman–Crippen MR) is 171 cm³/mol. The zero-order valence-corrected chi connectivity index (χ0v) is 26.7. The Morgan fingerprint density at radius 3 is 2.52 bits per heavy atom. The van der Waals surface area contributed by atoms with E-state index in [-0.39, 0.29) is 60.8 Å². The molecular weight excluding hydrogens is 560 g/mol. The van der Waals surface area contributed by atoms with Gasteiger partial charge in [0.2, 0.25) is 11.8 Å². The van der Waals surface area contributed by atoms with Gasteiger partial charge < -0.3 is 35.4 Å². The fourth-order valence-corrected chi connectivity index (χ4v) is 5.61. The van der Waals surface area contributed by atoms with Crippen LogP contribution in [0, 0.1) is 5.41 Å². The second kappa shape index (κ2) is 14.0. The number of benzene rings is 2. The molecule has 0 spiro atoms. The number of urea groups is 1. The number of hydrogen-bond donors (Lipinski definition) is 3. The molecule has 2 heterocycles. The van der Waals surface area contributed by atoms with Crippen molar-refractivity contribution in [2.45, 2.75) is 64.6 Å². The number of anilines is 2. The number of amides is 5. The lowest BCUT2D eigenvalue weighted by atomic mass is 9.91. The normalized spacial score (nSPS) is 21.1. The van der Waals surface area contributed by atoms with E-state index in [1.165, 1.54) is 0 Å². The van der Waals surface area contributed by atoms with Crippen molar-refractivity contribution in [2.75, 3.05) is 51.1 Å². The minimum atomic E-state index is -0.766. The Balaban J connectivity index is 1.54. The second-order valence-corrected chi connectivity index (χ2v) is 13.2. The van der Waals surface area contributed by atoms with Crippen molar-refractivity contribution in [1.82, 2.24) is 20.4 Å². The van der Waals surface area contributed by atoms with E-state index < -0.39 is 6.04 Å². The van der Waals surface area contributed by atoms with Crippen LogP contribution in [0.1, 0.15) is 56.8 Å². The minimum Gasteiger partial charge on any atom is -0.491 e. The van der Waals surface area contributed by atoms with E-state index in [9.17, 15) is 19.2 Å². The fourth-order valence-electron chi connectivity index (χ4n) is 5.61. The molecule has 0 unspecified atom stereocenters. The third kappa shape index (κ3) is 8.87. The molecule has 11 heteroatoms. The molecule has 3 N–H and O–H groups in total. The SMILES string of the molecule is CN1CCC[C@H](NC(=O)CC(C)(C)C)C(=O)N2C[C@@H](NC(=O)Nc3cccc(N(C)C)c3)C[C@H]2COc2cccc(c2)C1=O. The Kier molecular flexibility index (Phi) is 10.4. The highest BCUT2D eigenvalue weighted by Gasteiger charge is 2.39. The molecular formula is C33H46N6O5. The Morgan fingerprint density at radius 2 is 1.80 bits per heavy atom. The van der Waals surface area contributed by atoms with Gasteiger partial charge in [0.25, 0.3) is 5.91 Å². The van der Waals surface area contributed by atoms with Crippen molar-refractivity contribution in [3.05, 3.63) is 54.1 Å². The molecule has 0 aromatic heterocycles. The van der Waals surface area contributed by atoms with Crippen LogP contribution >= 0.6 is 0 Å². The van der Waals surface area contributed by atoms with Gasteiger partial charge in [-0.1, -0.05) is 32.9 Å². The van der Waals surface area contributed by atoms with Gasteiger partial charge in [0.05, 0.1) is 12.1 Å². The number of rotatable bonds is 5. The molecule has 11 nitrogen and oxygen atoms in total. The molecule has 0 saturated carbocycles. The summed E-state index contributed by atoms with van der Waals surface area (Å²) in [5.41, 5.74) is 1.89. The van der Waals surface area contributed by atoms with Gasteiger partial charge in [-0.05, 0) is 61.1 Å². The summed E-state index contributed by atoms with van der Waals surface area (Å²) in [4.78, 5) is 58.4. The highest BCUT2D eigenvalue weighted by Crippen LogP contribution is 2.25. The fraction of sp³-hybridized carbons (Fsp3) is 0.515. The smallest absolute Gasteiger partial charge is 0.319 e. The van der Waals surface area contributed by atoms with Crippen molar-refractivity contribution in [3.8, 4) is 5.75 Å². The van der Waals surface area contributed by atoms with Gasteiger partial charge in [0.15, 0.2) is 0 Å². The van der Waals surface area contributed by atoms with Gasteiger partial charge in [-0.2, -0.15) is 0 Å². The molecule has 1 saturated heterocycles. The molecule has 4 rings (SSSR count). The van der Waals surface area contributed by atoms with E-state index in [1.807, 2.05) is 64.0 Å². The number of nitrogens with zero attached hydrogens (tertiary/aromatic N) is 3. The van der Waals surface area contributed by atoms with Crippen LogP contribution in [0.5, 0.6) is 5.75 Å². The minimum absolute atomic E-state index is 0.138. The molecule has 2 aromatic carbocycles. The highest BCUT2D eigenvalue weighted by molar-refractivity contribution is 5.94. The first kappa shape index (κ1) is 32.6. The molecule has 2 aliphatic heterocycles. The number of hydrogen-bond acceptors (Lipinski definition) is 6. The number of carbonyl (C=O) groups is 4. The first-order valence-corrected chi connectivity index (χ1v) is 15.2. The molecule has 0 aliphatic carbocycles. The van der Waals surface area contributed by atoms with Crippen molar-refractivity contribution in [2.24, 2.45) is 5.41 Å². The summed E-state index contributed by atoms with van der Waals surface area (Å²) in [6, 6.07) is 12.8. The Labute approximate surface area is 260 Å². The van der Waals surface area contributed by atoms with Crippen LogP contribution in [0.4, 0.5) is 16.2 Å². The second-order valence-electron chi connectivity index (χ2n) is 13.2. The lowest BCUT2D eigenvalue weighted by Crippen LogP contribution is -2.52. The molecule has 3 atom stereocenters. The average Bonchev–Trinajstić information content (AvgIpc) is 3.35. The first-order chi connectivity index (χ1) is 20.8. The summed E-state index contributed by atoms with van der Waals surface area (Å²) < 4.78 is 6.12. The average molecular weight is 607 g/mol. The Hall–Kier alpha value is -4.28. The largest absolute Gasteiger partial charge is 0.491 e. The third-order valence-corrected chi connectivity index (χ3v) is 7.83. The van der Waals surface area contributed by atoms with Gasteiger partial charge in [0.1, 0.15) is 18.4 Å². The van der Waals surface area contributed by atoms with Crippen LogP contribution < -0.4 is 25.6 Å². The van der Waals surface area contributed by atoms with Crippen molar-refractivity contribution >= 4 is 35.1 Å². The molecule has 2 aromatic rings. The van der Waals surface area contributed by atoms with Gasteiger partial charge in [-0.3, -0.25) is 14.4 Å². The highest BCUT2D eigenvalue weighted by atomic mass is 16.5. The predicted octanol–water partition coefficient (Wildman–Crippen LogP) is 3.71. The lowest BCUT2D eigenvalue weighted by molar-refractivity contribution is -0.138. The summed E-state index contributed by atoms with van der Waals surface area (Å²) in [6.45, 7) is 6.80. The molecule has 0 radical (unpaired) electrons. The lowest BCUT2D eigenvalue weighted by Gasteiger charge is -2.30. The standard InChI is InChI=1S/C33H46N6O5/c1-33(2,3)19-29(40)36-28-14-9-15-38(6)30(41)22-10-7-13-27(16-22)44-21-26-18-24(20-39(26)31(28)42)35-32(43)34-23-11-8-12-25(17-23)37(4)5/h7-8,10-13,16-17,24,26,28H,9,14-15,18-21H2,1-6H3,(H,36,40)(H2,34,35,43)/t24-,26-,28-/m0/s1. The van der Waals surface area contributed by atoms with Gasteiger partial charge in [-0.25, -0.2) is 4.79 Å². The zero-order valence-electron chi connectivity index (χ0n) is 26.7. The number of ether oxygens (including phenoxy) is 1. The molecule has 2 aliphatic rings. The molecule has 2 bridgehead atoms. The molecule has 5 amide bonds. The van der Waals surface area contributed by atoms with Crippen molar-refractivity contribution in [3.63, 3.8) is 0 Å². The van der Waals surface area contributed by atoms with E-state index in [0.717, 1.165) is 5.69 Å². The number of carbonyl (C=O) groups excluding carboxylic acids is 4. The van der Waals surface area contributed by atoms with Gasteiger partial charge in [-0.15, -0.1) is 0 Å². The summed E-state index contributed by atoms with van der Waals surface area (Å²) in [5.74, 6) is -0.0267. The molecule has 44 heavy (non-hydrogen) atoms. The van der Waals surface area contributed by atoms with E-state index >= 15 is 0 Å². The maximum absolute atomic E-state index is 14.1.